The first-order chi connectivity index (χ1) is 9.11. The topological polar surface area (TPSA) is 42.3 Å². The number of methoxy groups -OCH3 is 1. The summed E-state index contributed by atoms with van der Waals surface area (Å²) in [4.78, 5) is 2.49. The van der Waals surface area contributed by atoms with Crippen molar-refractivity contribution in [1.82, 2.24) is 15.1 Å². The molecular formula is C14H26N4O. The molecule has 1 N–H and O–H groups in total. The van der Waals surface area contributed by atoms with Gasteiger partial charge in [0, 0.05) is 38.5 Å². The van der Waals surface area contributed by atoms with E-state index in [1.165, 1.54) is 5.69 Å². The lowest BCUT2D eigenvalue weighted by Crippen LogP contribution is -2.57. The van der Waals surface area contributed by atoms with Crippen molar-refractivity contribution in [2.24, 2.45) is 5.92 Å². The molecule has 2 heterocycles. The zero-order valence-corrected chi connectivity index (χ0v) is 12.5. The van der Waals surface area contributed by atoms with Crippen molar-refractivity contribution in [3.05, 3.63) is 12.4 Å². The highest BCUT2D eigenvalue weighted by atomic mass is 16.5. The summed E-state index contributed by atoms with van der Waals surface area (Å²) in [5, 5.41) is 7.99. The molecule has 1 fully saturated rings. The van der Waals surface area contributed by atoms with Crippen molar-refractivity contribution >= 4 is 5.69 Å². The van der Waals surface area contributed by atoms with E-state index < -0.39 is 0 Å². The molecule has 1 aliphatic heterocycles. The molecule has 0 radical (unpaired) electrons. The summed E-state index contributed by atoms with van der Waals surface area (Å²) < 4.78 is 7.05. The van der Waals surface area contributed by atoms with Gasteiger partial charge >= 0.3 is 0 Å². The van der Waals surface area contributed by atoms with E-state index >= 15 is 0 Å². The number of ether oxygens (including phenoxy) is 1. The van der Waals surface area contributed by atoms with Crippen molar-refractivity contribution in [3.63, 3.8) is 0 Å². The molecule has 2 unspecified atom stereocenters. The van der Waals surface area contributed by atoms with E-state index in [1.54, 1.807) is 7.11 Å². The summed E-state index contributed by atoms with van der Waals surface area (Å²) >= 11 is 0. The fourth-order valence-electron chi connectivity index (χ4n) is 2.63. The lowest BCUT2D eigenvalue weighted by atomic mass is 9.98. The predicted octanol–water partition coefficient (Wildman–Crippen LogP) is 1.35. The quantitative estimate of drug-likeness (QED) is 0.873. The van der Waals surface area contributed by atoms with E-state index in [0.29, 0.717) is 24.6 Å². The monoisotopic (exact) mass is 266 g/mol. The van der Waals surface area contributed by atoms with E-state index in [9.17, 15) is 0 Å². The van der Waals surface area contributed by atoms with Gasteiger partial charge in [-0.05, 0) is 12.8 Å². The third kappa shape index (κ3) is 3.48. The van der Waals surface area contributed by atoms with Crippen LogP contribution >= 0.6 is 0 Å². The molecule has 1 saturated heterocycles. The van der Waals surface area contributed by atoms with Crippen molar-refractivity contribution in [3.8, 4) is 0 Å². The minimum atomic E-state index is 0.525. The number of aromatic nitrogens is 2. The molecular weight excluding hydrogens is 240 g/mol. The SMILES string of the molecule is COCCn1cc(N2CC(C)NCC2C(C)C)cn1. The molecule has 0 aromatic carbocycles. The van der Waals surface area contributed by atoms with Gasteiger partial charge in [0.25, 0.3) is 0 Å². The lowest BCUT2D eigenvalue weighted by Gasteiger charge is -2.42. The number of hydrogen-bond acceptors (Lipinski definition) is 4. The van der Waals surface area contributed by atoms with E-state index in [-0.39, 0.29) is 0 Å². The summed E-state index contributed by atoms with van der Waals surface area (Å²) in [7, 11) is 1.72. The van der Waals surface area contributed by atoms with Gasteiger partial charge < -0.3 is 15.0 Å². The van der Waals surface area contributed by atoms with Crippen molar-refractivity contribution < 1.29 is 4.74 Å². The van der Waals surface area contributed by atoms with Crippen LogP contribution in [0.4, 0.5) is 5.69 Å². The van der Waals surface area contributed by atoms with Gasteiger partial charge in [0.1, 0.15) is 0 Å². The van der Waals surface area contributed by atoms with E-state index in [2.05, 4.69) is 42.3 Å². The summed E-state index contributed by atoms with van der Waals surface area (Å²) in [6.45, 7) is 10.4. The van der Waals surface area contributed by atoms with Gasteiger partial charge in [-0.2, -0.15) is 5.10 Å². The molecule has 5 nitrogen and oxygen atoms in total. The van der Waals surface area contributed by atoms with Crippen LogP contribution in [0, 0.1) is 5.92 Å². The molecule has 2 rings (SSSR count). The summed E-state index contributed by atoms with van der Waals surface area (Å²) in [6.07, 6.45) is 4.11. The van der Waals surface area contributed by atoms with Crippen molar-refractivity contribution in [2.45, 2.75) is 39.4 Å². The Hall–Kier alpha value is -1.07. The normalized spacial score (nSPS) is 24.2. The highest BCUT2D eigenvalue weighted by molar-refractivity contribution is 5.45. The Kier molecular flexibility index (Phi) is 4.82. The van der Waals surface area contributed by atoms with Crippen LogP contribution in [0.15, 0.2) is 12.4 Å². The summed E-state index contributed by atoms with van der Waals surface area (Å²) in [6, 6.07) is 1.06. The smallest absolute Gasteiger partial charge is 0.0756 e. The fraction of sp³-hybridized carbons (Fsp3) is 0.786. The predicted molar refractivity (Wildman–Crippen MR) is 77.5 cm³/mol. The Balaban J connectivity index is 2.10. The van der Waals surface area contributed by atoms with Crippen molar-refractivity contribution in [2.75, 3.05) is 31.7 Å². The van der Waals surface area contributed by atoms with Gasteiger partial charge in [-0.25, -0.2) is 0 Å². The van der Waals surface area contributed by atoms with Crippen LogP contribution in [0.25, 0.3) is 0 Å². The van der Waals surface area contributed by atoms with Crippen LogP contribution in [0.5, 0.6) is 0 Å². The molecule has 0 spiro atoms. The molecule has 1 aromatic heterocycles. The number of nitrogens with zero attached hydrogens (tertiary/aromatic N) is 3. The second-order valence-electron chi connectivity index (χ2n) is 5.73. The van der Waals surface area contributed by atoms with Gasteiger partial charge in [-0.15, -0.1) is 0 Å². The van der Waals surface area contributed by atoms with E-state index in [4.69, 9.17) is 4.74 Å². The molecule has 108 valence electrons. The van der Waals surface area contributed by atoms with E-state index in [1.807, 2.05) is 10.9 Å². The van der Waals surface area contributed by atoms with Gasteiger partial charge in [-0.3, -0.25) is 4.68 Å². The molecule has 0 aliphatic carbocycles. The second kappa shape index (κ2) is 6.39. The third-order valence-electron chi connectivity index (χ3n) is 3.79. The van der Waals surface area contributed by atoms with Gasteiger partial charge in [-0.1, -0.05) is 13.8 Å². The van der Waals surface area contributed by atoms with Crippen LogP contribution in [0.3, 0.4) is 0 Å². The largest absolute Gasteiger partial charge is 0.383 e. The Morgan fingerprint density at radius 2 is 2.32 bits per heavy atom. The molecule has 19 heavy (non-hydrogen) atoms. The molecule has 0 bridgehead atoms. The van der Waals surface area contributed by atoms with Gasteiger partial charge in [0.15, 0.2) is 0 Å². The Labute approximate surface area is 115 Å². The maximum atomic E-state index is 5.09. The fourth-order valence-corrected chi connectivity index (χ4v) is 2.63. The summed E-state index contributed by atoms with van der Waals surface area (Å²) in [5.41, 5.74) is 1.23. The Morgan fingerprint density at radius 3 is 3.00 bits per heavy atom. The maximum Gasteiger partial charge on any atom is 0.0756 e. The standard InChI is InChI=1S/C14H26N4O/c1-11(2)14-8-15-12(3)9-18(14)13-7-16-17(10-13)5-6-19-4/h7,10-12,14-15H,5-6,8-9H2,1-4H3. The molecule has 2 atom stereocenters. The van der Waals surface area contributed by atoms with Crippen LogP contribution in [0.2, 0.25) is 0 Å². The van der Waals surface area contributed by atoms with Gasteiger partial charge in [0.2, 0.25) is 0 Å². The van der Waals surface area contributed by atoms with Crippen LogP contribution < -0.4 is 10.2 Å². The number of rotatable bonds is 5. The first-order valence-corrected chi connectivity index (χ1v) is 7.13. The maximum absolute atomic E-state index is 5.09. The number of anilines is 1. The number of nitrogens with one attached hydrogen (secondary N) is 1. The van der Waals surface area contributed by atoms with Gasteiger partial charge in [0.05, 0.1) is 25.0 Å². The highest BCUT2D eigenvalue weighted by Crippen LogP contribution is 2.23. The zero-order valence-electron chi connectivity index (χ0n) is 12.5. The highest BCUT2D eigenvalue weighted by Gasteiger charge is 2.28. The first-order valence-electron chi connectivity index (χ1n) is 7.13. The molecule has 0 amide bonds. The number of piperazine rings is 1. The van der Waals surface area contributed by atoms with Crippen LogP contribution in [0.1, 0.15) is 20.8 Å². The molecule has 1 aromatic rings. The Morgan fingerprint density at radius 1 is 1.53 bits per heavy atom. The van der Waals surface area contributed by atoms with E-state index in [0.717, 1.165) is 19.6 Å². The molecule has 5 heteroatoms. The average Bonchev–Trinajstić information content (AvgIpc) is 2.84. The summed E-state index contributed by atoms with van der Waals surface area (Å²) in [5.74, 6) is 0.627. The average molecular weight is 266 g/mol. The number of hydrogen-bond donors (Lipinski definition) is 1. The zero-order chi connectivity index (χ0) is 13.8. The van der Waals surface area contributed by atoms with Crippen LogP contribution in [-0.4, -0.2) is 48.7 Å². The third-order valence-corrected chi connectivity index (χ3v) is 3.79. The first kappa shape index (κ1) is 14.3. The Bertz CT molecular complexity index is 391. The minimum Gasteiger partial charge on any atom is -0.383 e. The second-order valence-corrected chi connectivity index (χ2v) is 5.73. The lowest BCUT2D eigenvalue weighted by molar-refractivity contribution is 0.183. The van der Waals surface area contributed by atoms with Crippen molar-refractivity contribution in [1.29, 1.82) is 0 Å². The minimum absolute atomic E-state index is 0.525. The molecule has 1 aliphatic rings. The van der Waals surface area contributed by atoms with Crippen LogP contribution in [-0.2, 0) is 11.3 Å². The molecule has 0 saturated carbocycles.